The SMILES string of the molecule is O=S(=O)([O-])OOS(=O)(=O)[O-].[K+].[Na+]. The van der Waals surface area contributed by atoms with E-state index in [1.807, 2.05) is 0 Å². The third-order valence-electron chi connectivity index (χ3n) is 0.194. The van der Waals surface area contributed by atoms with Crippen molar-refractivity contribution in [1.82, 2.24) is 0 Å². The van der Waals surface area contributed by atoms with Gasteiger partial charge in [0.25, 0.3) is 0 Å². The molecule has 0 rings (SSSR count). The van der Waals surface area contributed by atoms with Gasteiger partial charge in [-0.05, 0) is 0 Å². The van der Waals surface area contributed by atoms with Crippen molar-refractivity contribution in [2.45, 2.75) is 0 Å². The molecule has 0 radical (unpaired) electrons. The van der Waals surface area contributed by atoms with E-state index in [9.17, 15) is 25.9 Å². The molecule has 0 fully saturated rings. The van der Waals surface area contributed by atoms with E-state index >= 15 is 0 Å². The minimum absolute atomic E-state index is 0. The number of hydrogen-bond acceptors (Lipinski definition) is 8. The van der Waals surface area contributed by atoms with Gasteiger partial charge in [-0.25, -0.2) is 16.8 Å². The summed E-state index contributed by atoms with van der Waals surface area (Å²) < 4.78 is 61.5. The van der Waals surface area contributed by atoms with Crippen molar-refractivity contribution >= 4 is 20.8 Å². The van der Waals surface area contributed by atoms with Crippen LogP contribution in [0.4, 0.5) is 0 Å². The van der Waals surface area contributed by atoms with Crippen molar-refractivity contribution in [2.75, 3.05) is 0 Å². The van der Waals surface area contributed by atoms with Crippen LogP contribution >= 0.6 is 0 Å². The zero-order valence-corrected chi connectivity index (χ0v) is 12.8. The summed E-state index contributed by atoms with van der Waals surface area (Å²) in [6, 6.07) is 0. The first-order valence-corrected chi connectivity index (χ1v) is 4.17. The normalized spacial score (nSPS) is 11.2. The van der Waals surface area contributed by atoms with Crippen molar-refractivity contribution in [3.8, 4) is 0 Å². The van der Waals surface area contributed by atoms with Crippen LogP contribution in [0.2, 0.25) is 0 Å². The van der Waals surface area contributed by atoms with Crippen LogP contribution in [0.25, 0.3) is 0 Å². The van der Waals surface area contributed by atoms with Gasteiger partial charge in [-0.2, -0.15) is 0 Å². The van der Waals surface area contributed by atoms with Gasteiger partial charge in [0.2, 0.25) is 20.8 Å². The molecule has 0 spiro atoms. The predicted molar refractivity (Wildman–Crippen MR) is 21.6 cm³/mol. The number of rotatable bonds is 3. The van der Waals surface area contributed by atoms with E-state index in [0.29, 0.717) is 0 Å². The van der Waals surface area contributed by atoms with Crippen molar-refractivity contribution in [3.63, 3.8) is 0 Å². The molecule has 0 saturated heterocycles. The van der Waals surface area contributed by atoms with Crippen molar-refractivity contribution in [3.05, 3.63) is 0 Å². The predicted octanol–water partition coefficient (Wildman–Crippen LogP) is -8.14. The third-order valence-corrected chi connectivity index (χ3v) is 0.750. The fourth-order valence-electron chi connectivity index (χ4n) is 0.0680. The molecule has 12 heavy (non-hydrogen) atoms. The van der Waals surface area contributed by atoms with Crippen LogP contribution in [0.15, 0.2) is 0 Å². The molecule has 0 aliphatic carbocycles. The first-order chi connectivity index (χ1) is 4.21. The fourth-order valence-corrected chi connectivity index (χ4v) is 0.612. The Balaban J connectivity index is -0.000000405. The van der Waals surface area contributed by atoms with Gasteiger partial charge in [0.05, 0.1) is 0 Å². The van der Waals surface area contributed by atoms with E-state index < -0.39 is 20.8 Å². The van der Waals surface area contributed by atoms with Gasteiger partial charge in [-0.1, -0.05) is 0 Å². The van der Waals surface area contributed by atoms with Gasteiger partial charge in [0.1, 0.15) is 0 Å². The molecular formula is KNaO8S2. The Labute approximate surface area is 134 Å². The van der Waals surface area contributed by atoms with Crippen LogP contribution in [0.5, 0.6) is 0 Å². The van der Waals surface area contributed by atoms with Gasteiger partial charge >= 0.3 is 80.9 Å². The maximum Gasteiger partial charge on any atom is 1.00 e. The van der Waals surface area contributed by atoms with Crippen molar-refractivity contribution in [1.29, 1.82) is 0 Å². The van der Waals surface area contributed by atoms with E-state index in [-0.39, 0.29) is 80.9 Å². The van der Waals surface area contributed by atoms with Gasteiger partial charge in [-0.3, -0.25) is 0 Å². The summed E-state index contributed by atoms with van der Waals surface area (Å²) in [4.78, 5) is 0. The molecule has 8 nitrogen and oxygen atoms in total. The minimum Gasteiger partial charge on any atom is -0.724 e. The molecule has 0 aliphatic heterocycles. The third kappa shape index (κ3) is 18.2. The van der Waals surface area contributed by atoms with Crippen molar-refractivity contribution < 1.29 is 116 Å². The average molecular weight is 254 g/mol. The zero-order chi connectivity index (χ0) is 8.41. The average Bonchev–Trinajstić information content (AvgIpc) is 1.57. The van der Waals surface area contributed by atoms with Crippen LogP contribution in [-0.4, -0.2) is 25.9 Å². The molecule has 0 aromatic heterocycles. The maximum absolute atomic E-state index is 9.37. The topological polar surface area (TPSA) is 133 Å². The van der Waals surface area contributed by atoms with Gasteiger partial charge in [0.15, 0.2) is 0 Å². The second-order valence-corrected chi connectivity index (χ2v) is 2.86. The Bertz CT molecular complexity index is 253. The Kier molecular flexibility index (Phi) is 12.7. The molecule has 0 bridgehead atoms. The molecule has 0 amide bonds. The molecule has 62 valence electrons. The summed E-state index contributed by atoms with van der Waals surface area (Å²) in [5, 5.41) is 0. The largest absolute Gasteiger partial charge is 1.00 e. The van der Waals surface area contributed by atoms with Crippen LogP contribution in [-0.2, 0) is 29.5 Å². The van der Waals surface area contributed by atoms with E-state index in [2.05, 4.69) is 8.67 Å². The smallest absolute Gasteiger partial charge is 0.724 e. The summed E-state index contributed by atoms with van der Waals surface area (Å²) in [6.07, 6.45) is 0. The molecule has 0 aromatic carbocycles. The summed E-state index contributed by atoms with van der Waals surface area (Å²) >= 11 is 0. The maximum atomic E-state index is 9.37. The number of hydrogen-bond donors (Lipinski definition) is 0. The van der Waals surface area contributed by atoms with Gasteiger partial charge in [-0.15, -0.1) is 8.67 Å². The van der Waals surface area contributed by atoms with Crippen LogP contribution in [0.1, 0.15) is 0 Å². The van der Waals surface area contributed by atoms with Gasteiger partial charge < -0.3 is 9.11 Å². The molecule has 0 heterocycles. The standard InChI is InChI=1S/K.Na.H2O8S2/c;;1-9(2,3)7-8-10(4,5)6/h;;(H,1,2,3)(H,4,5,6)/q2*+1;/p-2. The summed E-state index contributed by atoms with van der Waals surface area (Å²) in [7, 11) is -10.6. The zero-order valence-electron chi connectivity index (χ0n) is 6.08. The van der Waals surface area contributed by atoms with Crippen LogP contribution in [0, 0.1) is 0 Å². The molecular weight excluding hydrogens is 254 g/mol. The van der Waals surface area contributed by atoms with E-state index in [4.69, 9.17) is 0 Å². The molecule has 12 heteroatoms. The summed E-state index contributed by atoms with van der Waals surface area (Å²) in [6.45, 7) is 0. The molecule has 0 saturated carbocycles. The summed E-state index contributed by atoms with van der Waals surface area (Å²) in [5.74, 6) is 0. The molecule has 0 unspecified atom stereocenters. The Morgan fingerprint density at radius 2 is 1.00 bits per heavy atom. The molecule has 0 aromatic rings. The minimum atomic E-state index is -5.31. The second-order valence-electron chi connectivity index (χ2n) is 0.953. The van der Waals surface area contributed by atoms with E-state index in [1.165, 1.54) is 0 Å². The van der Waals surface area contributed by atoms with E-state index in [1.54, 1.807) is 0 Å². The first-order valence-electron chi connectivity index (χ1n) is 1.50. The van der Waals surface area contributed by atoms with E-state index in [0.717, 1.165) is 0 Å². The van der Waals surface area contributed by atoms with Crippen molar-refractivity contribution in [2.24, 2.45) is 0 Å². The summed E-state index contributed by atoms with van der Waals surface area (Å²) in [5.41, 5.74) is 0. The van der Waals surface area contributed by atoms with Gasteiger partial charge in [0, 0.05) is 0 Å². The Hall–Kier alpha value is 2.38. The van der Waals surface area contributed by atoms with Crippen LogP contribution < -0.4 is 80.9 Å². The van der Waals surface area contributed by atoms with Crippen LogP contribution in [0.3, 0.4) is 0 Å². The quantitative estimate of drug-likeness (QED) is 0.159. The molecule has 0 N–H and O–H groups in total. The fraction of sp³-hybridized carbons (Fsp3) is 0. The molecule has 0 atom stereocenters. The Morgan fingerprint density at radius 3 is 1.08 bits per heavy atom. The molecule has 0 aliphatic rings. The first kappa shape index (κ1) is 19.9. The second kappa shape index (κ2) is 7.64. The monoisotopic (exact) mass is 254 g/mol. The Morgan fingerprint density at radius 1 is 0.833 bits per heavy atom.